The highest BCUT2D eigenvalue weighted by Crippen LogP contribution is 2.28. The number of halogens is 2. The van der Waals surface area contributed by atoms with Crippen LogP contribution in [0.4, 0.5) is 8.78 Å². The van der Waals surface area contributed by atoms with Gasteiger partial charge in [-0.05, 0) is 12.0 Å². The average Bonchev–Trinajstić information content (AvgIpc) is 2.17. The fourth-order valence-corrected chi connectivity index (χ4v) is 1.56. The minimum atomic E-state index is -2.89. The normalized spacial score (nSPS) is 13.5. The maximum atomic E-state index is 12.9. The van der Waals surface area contributed by atoms with E-state index in [0.29, 0.717) is 12.0 Å². The van der Waals surface area contributed by atoms with Gasteiger partial charge < -0.3 is 5.11 Å². The number of carboxylic acids is 1. The number of benzene rings is 1. The molecule has 1 N–H and O–H groups in total. The highest BCUT2D eigenvalue weighted by Gasteiger charge is 2.25. The van der Waals surface area contributed by atoms with Gasteiger partial charge in [0.2, 0.25) is 0 Å². The van der Waals surface area contributed by atoms with Crippen molar-refractivity contribution in [3.05, 3.63) is 35.4 Å². The number of alkyl halides is 2. The lowest BCUT2D eigenvalue weighted by molar-refractivity contribution is -0.138. The van der Waals surface area contributed by atoms with Crippen molar-refractivity contribution in [3.8, 4) is 0 Å². The standard InChI is InChI=1S/C12H14F2O2/c1-3-10(11(15)16)8-4-6-9(7-5-8)12(2,13)14/h4-7,10H,3H2,1-2H3,(H,15,16). The number of hydrogen-bond donors (Lipinski definition) is 1. The van der Waals surface area contributed by atoms with Crippen LogP contribution < -0.4 is 0 Å². The molecular weight excluding hydrogens is 214 g/mol. The molecule has 2 nitrogen and oxygen atoms in total. The molecule has 0 amide bonds. The molecule has 0 saturated heterocycles. The molecule has 0 bridgehead atoms. The Labute approximate surface area is 92.9 Å². The van der Waals surface area contributed by atoms with Crippen LogP contribution in [-0.4, -0.2) is 11.1 Å². The molecule has 1 atom stereocenters. The number of carbonyl (C=O) groups is 1. The second-order valence-corrected chi connectivity index (χ2v) is 3.81. The maximum Gasteiger partial charge on any atom is 0.310 e. The van der Waals surface area contributed by atoms with Gasteiger partial charge in [0, 0.05) is 12.5 Å². The van der Waals surface area contributed by atoms with Crippen LogP contribution in [0.3, 0.4) is 0 Å². The smallest absolute Gasteiger partial charge is 0.310 e. The Morgan fingerprint density at radius 1 is 1.38 bits per heavy atom. The third-order valence-corrected chi connectivity index (χ3v) is 2.53. The molecule has 0 saturated carbocycles. The minimum Gasteiger partial charge on any atom is -0.481 e. The molecule has 0 aliphatic rings. The van der Waals surface area contributed by atoms with Crippen molar-refractivity contribution >= 4 is 5.97 Å². The minimum absolute atomic E-state index is 0.100. The van der Waals surface area contributed by atoms with Gasteiger partial charge in [-0.1, -0.05) is 31.2 Å². The van der Waals surface area contributed by atoms with Gasteiger partial charge in [0.1, 0.15) is 0 Å². The second-order valence-electron chi connectivity index (χ2n) is 3.81. The number of aliphatic carboxylic acids is 1. The second kappa shape index (κ2) is 4.60. The topological polar surface area (TPSA) is 37.3 Å². The van der Waals surface area contributed by atoms with Gasteiger partial charge in [0.15, 0.2) is 0 Å². The summed E-state index contributed by atoms with van der Waals surface area (Å²) in [6.45, 7) is 2.57. The molecule has 0 aromatic heterocycles. The Bertz CT molecular complexity index is 366. The largest absolute Gasteiger partial charge is 0.481 e. The summed E-state index contributed by atoms with van der Waals surface area (Å²) < 4.78 is 25.8. The van der Waals surface area contributed by atoms with Crippen molar-refractivity contribution < 1.29 is 18.7 Å². The van der Waals surface area contributed by atoms with Gasteiger partial charge in [0.05, 0.1) is 5.92 Å². The maximum absolute atomic E-state index is 12.9. The molecule has 0 fully saturated rings. The molecular formula is C12H14F2O2. The number of hydrogen-bond acceptors (Lipinski definition) is 1. The lowest BCUT2D eigenvalue weighted by atomic mass is 9.95. The quantitative estimate of drug-likeness (QED) is 0.857. The third-order valence-electron chi connectivity index (χ3n) is 2.53. The van der Waals surface area contributed by atoms with Crippen LogP contribution in [0.15, 0.2) is 24.3 Å². The van der Waals surface area contributed by atoms with Gasteiger partial charge in [-0.3, -0.25) is 4.79 Å². The van der Waals surface area contributed by atoms with Gasteiger partial charge in [-0.2, -0.15) is 0 Å². The molecule has 1 aromatic rings. The fraction of sp³-hybridized carbons (Fsp3) is 0.417. The van der Waals surface area contributed by atoms with E-state index in [2.05, 4.69) is 0 Å². The average molecular weight is 228 g/mol. The van der Waals surface area contributed by atoms with Crippen LogP contribution in [0.25, 0.3) is 0 Å². The van der Waals surface area contributed by atoms with E-state index in [1.165, 1.54) is 24.3 Å². The van der Waals surface area contributed by atoms with E-state index >= 15 is 0 Å². The third kappa shape index (κ3) is 2.78. The van der Waals surface area contributed by atoms with Crippen molar-refractivity contribution in [1.29, 1.82) is 0 Å². The predicted molar refractivity (Wildman–Crippen MR) is 56.7 cm³/mol. The Balaban J connectivity index is 2.98. The van der Waals surface area contributed by atoms with Gasteiger partial charge in [-0.25, -0.2) is 8.78 Å². The molecule has 1 rings (SSSR count). The summed E-state index contributed by atoms with van der Waals surface area (Å²) in [4.78, 5) is 10.9. The zero-order chi connectivity index (χ0) is 12.3. The van der Waals surface area contributed by atoms with Crippen molar-refractivity contribution in [1.82, 2.24) is 0 Å². The zero-order valence-corrected chi connectivity index (χ0v) is 9.21. The van der Waals surface area contributed by atoms with Crippen molar-refractivity contribution in [2.75, 3.05) is 0 Å². The Kier molecular flexibility index (Phi) is 3.62. The molecule has 88 valence electrons. The lowest BCUT2D eigenvalue weighted by Crippen LogP contribution is -2.11. The molecule has 0 heterocycles. The summed E-state index contributed by atoms with van der Waals surface area (Å²) >= 11 is 0. The first kappa shape index (κ1) is 12.6. The van der Waals surface area contributed by atoms with E-state index in [1.807, 2.05) is 0 Å². The van der Waals surface area contributed by atoms with E-state index in [-0.39, 0.29) is 5.56 Å². The molecule has 1 unspecified atom stereocenters. The van der Waals surface area contributed by atoms with Crippen LogP contribution in [0.1, 0.15) is 37.3 Å². The van der Waals surface area contributed by atoms with Crippen LogP contribution in [-0.2, 0) is 10.7 Å². The monoisotopic (exact) mass is 228 g/mol. The van der Waals surface area contributed by atoms with Crippen LogP contribution in [0.5, 0.6) is 0 Å². The SMILES string of the molecule is CCC(C(=O)O)c1ccc(C(C)(F)F)cc1. The molecule has 4 heteroatoms. The van der Waals surface area contributed by atoms with Crippen molar-refractivity contribution in [2.45, 2.75) is 32.1 Å². The zero-order valence-electron chi connectivity index (χ0n) is 9.21. The molecule has 0 aliphatic heterocycles. The summed E-state index contributed by atoms with van der Waals surface area (Å²) in [5, 5.41) is 8.91. The Morgan fingerprint density at radius 2 is 1.88 bits per heavy atom. The molecule has 16 heavy (non-hydrogen) atoms. The molecule has 0 aliphatic carbocycles. The Morgan fingerprint density at radius 3 is 2.19 bits per heavy atom. The fourth-order valence-electron chi connectivity index (χ4n) is 1.56. The van der Waals surface area contributed by atoms with Crippen LogP contribution in [0.2, 0.25) is 0 Å². The first-order valence-electron chi connectivity index (χ1n) is 5.07. The van der Waals surface area contributed by atoms with E-state index in [4.69, 9.17) is 5.11 Å². The first-order chi connectivity index (χ1) is 7.36. The summed E-state index contributed by atoms with van der Waals surface area (Å²) in [6, 6.07) is 5.46. The number of carboxylic acid groups (broad SMARTS) is 1. The van der Waals surface area contributed by atoms with Crippen LogP contribution >= 0.6 is 0 Å². The summed E-state index contributed by atoms with van der Waals surface area (Å²) in [5.41, 5.74) is 0.458. The molecule has 0 spiro atoms. The highest BCUT2D eigenvalue weighted by molar-refractivity contribution is 5.75. The predicted octanol–water partition coefficient (Wildman–Crippen LogP) is 3.38. The molecule has 0 radical (unpaired) electrons. The first-order valence-corrected chi connectivity index (χ1v) is 5.07. The van der Waals surface area contributed by atoms with Gasteiger partial charge in [-0.15, -0.1) is 0 Å². The van der Waals surface area contributed by atoms with E-state index in [9.17, 15) is 13.6 Å². The van der Waals surface area contributed by atoms with E-state index in [1.54, 1.807) is 6.92 Å². The Hall–Kier alpha value is -1.45. The van der Waals surface area contributed by atoms with Crippen molar-refractivity contribution in [3.63, 3.8) is 0 Å². The van der Waals surface area contributed by atoms with Crippen LogP contribution in [0, 0.1) is 0 Å². The highest BCUT2D eigenvalue weighted by atomic mass is 19.3. The molecule has 1 aromatic carbocycles. The van der Waals surface area contributed by atoms with E-state index in [0.717, 1.165) is 6.92 Å². The number of rotatable bonds is 4. The lowest BCUT2D eigenvalue weighted by Gasteiger charge is -2.13. The summed E-state index contributed by atoms with van der Waals surface area (Å²) in [5.74, 6) is -4.44. The summed E-state index contributed by atoms with van der Waals surface area (Å²) in [7, 11) is 0. The van der Waals surface area contributed by atoms with Gasteiger partial charge >= 0.3 is 5.97 Å². The van der Waals surface area contributed by atoms with E-state index < -0.39 is 17.8 Å². The van der Waals surface area contributed by atoms with Gasteiger partial charge in [0.25, 0.3) is 5.92 Å². The van der Waals surface area contributed by atoms with Crippen molar-refractivity contribution in [2.24, 2.45) is 0 Å². The summed E-state index contributed by atoms with van der Waals surface area (Å²) in [6.07, 6.45) is 0.442.